The number of halogens is 6. The smallest absolute Gasteiger partial charge is 0.402 e. The molecule has 2 N–H and O–H groups in total. The molecule has 0 amide bonds. The van der Waals surface area contributed by atoms with Crippen LogP contribution in [0.15, 0.2) is 60.7 Å². The third-order valence-electron chi connectivity index (χ3n) is 2.93. The highest BCUT2D eigenvalue weighted by Crippen LogP contribution is 2.49. The number of hydrogen-bond acceptors (Lipinski definition) is 2. The van der Waals surface area contributed by atoms with Gasteiger partial charge in [0.25, 0.3) is 0 Å². The predicted molar refractivity (Wildman–Crippen MR) is 105 cm³/mol. The molecule has 0 heterocycles. The summed E-state index contributed by atoms with van der Waals surface area (Å²) in [4.78, 5) is 0. The highest BCUT2D eigenvalue weighted by molar-refractivity contribution is 5.19. The van der Waals surface area contributed by atoms with Gasteiger partial charge in [0.05, 0.1) is 0 Å². The monoisotopic (exact) mass is 428 g/mol. The first-order chi connectivity index (χ1) is 13.3. The van der Waals surface area contributed by atoms with Gasteiger partial charge in [-0.1, -0.05) is 64.1 Å². The van der Waals surface area contributed by atoms with Crippen LogP contribution in [0, 0.1) is 5.41 Å². The van der Waals surface area contributed by atoms with E-state index in [-0.39, 0.29) is 13.8 Å². The van der Waals surface area contributed by atoms with E-state index in [1.54, 1.807) is 48.5 Å². The summed E-state index contributed by atoms with van der Waals surface area (Å²) in [5.41, 5.74) is -3.62. The van der Waals surface area contributed by atoms with Gasteiger partial charge in [-0.25, -0.2) is 0 Å². The first kappa shape index (κ1) is 31.3. The van der Waals surface area contributed by atoms with E-state index in [4.69, 9.17) is 10.2 Å². The molecule has 0 aliphatic carbocycles. The third kappa shape index (κ3) is 14.3. The van der Waals surface area contributed by atoms with Crippen molar-refractivity contribution in [2.75, 3.05) is 0 Å². The number of hydrogen-bond donors (Lipinski definition) is 2. The number of alkyl halides is 6. The molecule has 2 nitrogen and oxygen atoms in total. The van der Waals surface area contributed by atoms with Crippen LogP contribution in [-0.4, -0.2) is 22.6 Å². The van der Waals surface area contributed by atoms with E-state index >= 15 is 0 Å². The lowest BCUT2D eigenvalue weighted by atomic mass is 9.92. The maximum atomic E-state index is 11.6. The Bertz CT molecular complexity index is 541. The maximum absolute atomic E-state index is 11.6. The van der Waals surface area contributed by atoms with Crippen LogP contribution >= 0.6 is 0 Å². The second kappa shape index (κ2) is 15.5. The van der Waals surface area contributed by atoms with Crippen molar-refractivity contribution < 1.29 is 36.6 Å². The van der Waals surface area contributed by atoms with Crippen molar-refractivity contribution in [1.82, 2.24) is 0 Å². The Morgan fingerprint density at radius 1 is 0.517 bits per heavy atom. The molecule has 2 aromatic carbocycles. The normalized spacial score (nSPS) is 10.3. The van der Waals surface area contributed by atoms with Crippen molar-refractivity contribution in [2.24, 2.45) is 5.41 Å². The fourth-order valence-corrected chi connectivity index (χ4v) is 1.02. The van der Waals surface area contributed by atoms with Crippen molar-refractivity contribution in [3.63, 3.8) is 0 Å². The summed E-state index contributed by atoms with van der Waals surface area (Å²) in [6, 6.07) is 17.4. The molecule has 29 heavy (non-hydrogen) atoms. The topological polar surface area (TPSA) is 40.5 Å². The molecule has 0 bridgehead atoms. The molecule has 0 unspecified atom stereocenters. The standard InChI is InChI=1S/2C6H6O.C5H6F6.2C2H6/c2*7-6-4-2-1-3-5-6;1-3(2,4(6,7)8)5(9,10)11;2*1-2/h2*1-5,7H;1-2H3;2*1-2H3. The Hall–Kier alpha value is -2.38. The molecular formula is C21H30F6O2. The lowest BCUT2D eigenvalue weighted by Gasteiger charge is -2.29. The van der Waals surface area contributed by atoms with E-state index in [2.05, 4.69) is 0 Å². The Balaban J connectivity index is -0.000000329. The lowest BCUT2D eigenvalue weighted by molar-refractivity contribution is -0.327. The van der Waals surface area contributed by atoms with Gasteiger partial charge < -0.3 is 10.2 Å². The van der Waals surface area contributed by atoms with Crippen LogP contribution in [0.5, 0.6) is 11.5 Å². The first-order valence-corrected chi connectivity index (χ1v) is 8.90. The van der Waals surface area contributed by atoms with Gasteiger partial charge >= 0.3 is 12.4 Å². The quantitative estimate of drug-likeness (QED) is 0.418. The number of phenols is 2. The first-order valence-electron chi connectivity index (χ1n) is 8.90. The number of rotatable bonds is 0. The summed E-state index contributed by atoms with van der Waals surface area (Å²) < 4.78 is 69.7. The van der Waals surface area contributed by atoms with Crippen molar-refractivity contribution in [3.8, 4) is 11.5 Å². The van der Waals surface area contributed by atoms with Gasteiger partial charge in [0.1, 0.15) is 11.5 Å². The summed E-state index contributed by atoms with van der Waals surface area (Å²) >= 11 is 0. The van der Waals surface area contributed by atoms with Crippen LogP contribution in [0.3, 0.4) is 0 Å². The lowest BCUT2D eigenvalue weighted by Crippen LogP contribution is -2.44. The highest BCUT2D eigenvalue weighted by Gasteiger charge is 2.64. The van der Waals surface area contributed by atoms with Crippen molar-refractivity contribution in [3.05, 3.63) is 60.7 Å². The Morgan fingerprint density at radius 3 is 0.793 bits per heavy atom. The van der Waals surface area contributed by atoms with Crippen LogP contribution in [0.2, 0.25) is 0 Å². The molecule has 0 fully saturated rings. The molecular weight excluding hydrogens is 398 g/mol. The molecule has 0 radical (unpaired) electrons. The molecule has 168 valence electrons. The summed E-state index contributed by atoms with van der Waals surface area (Å²) in [5, 5.41) is 17.3. The maximum Gasteiger partial charge on any atom is 0.402 e. The van der Waals surface area contributed by atoms with Crippen molar-refractivity contribution in [2.45, 2.75) is 53.9 Å². The van der Waals surface area contributed by atoms with E-state index in [0.29, 0.717) is 11.5 Å². The molecule has 0 aliphatic rings. The minimum Gasteiger partial charge on any atom is -0.508 e. The molecule has 8 heteroatoms. The Kier molecular flexibility index (Phi) is 16.8. The van der Waals surface area contributed by atoms with E-state index < -0.39 is 17.8 Å². The van der Waals surface area contributed by atoms with Crippen molar-refractivity contribution >= 4 is 0 Å². The fourth-order valence-electron chi connectivity index (χ4n) is 1.02. The minimum atomic E-state index is -5.24. The zero-order chi connectivity index (χ0) is 23.7. The van der Waals surface area contributed by atoms with Crippen LogP contribution in [0.25, 0.3) is 0 Å². The van der Waals surface area contributed by atoms with Gasteiger partial charge in [-0.2, -0.15) is 26.3 Å². The number of phenolic OH excluding ortho intramolecular Hbond substituents is 2. The van der Waals surface area contributed by atoms with Crippen LogP contribution < -0.4 is 0 Å². The predicted octanol–water partition coefficient (Wildman–Crippen LogP) is 7.97. The minimum absolute atomic E-state index is 0.104. The van der Waals surface area contributed by atoms with E-state index in [1.165, 1.54) is 0 Å². The number of benzene rings is 2. The molecule has 0 spiro atoms. The van der Waals surface area contributed by atoms with E-state index in [0.717, 1.165) is 0 Å². The van der Waals surface area contributed by atoms with Gasteiger partial charge in [0.15, 0.2) is 5.41 Å². The Labute approximate surface area is 168 Å². The molecule has 0 aromatic heterocycles. The van der Waals surface area contributed by atoms with Gasteiger partial charge in [0, 0.05) is 0 Å². The van der Waals surface area contributed by atoms with E-state index in [1.807, 2.05) is 39.8 Å². The van der Waals surface area contributed by atoms with Gasteiger partial charge in [0.2, 0.25) is 0 Å². The molecule has 0 saturated heterocycles. The molecule has 0 saturated carbocycles. The zero-order valence-electron chi connectivity index (χ0n) is 17.4. The number of aromatic hydroxyl groups is 2. The third-order valence-corrected chi connectivity index (χ3v) is 2.93. The summed E-state index contributed by atoms with van der Waals surface area (Å²) in [5.74, 6) is 0.644. The summed E-state index contributed by atoms with van der Waals surface area (Å²) in [6.07, 6.45) is -10.5. The summed E-state index contributed by atoms with van der Waals surface area (Å²) in [7, 11) is 0. The largest absolute Gasteiger partial charge is 0.508 e. The molecule has 2 aromatic rings. The van der Waals surface area contributed by atoms with Gasteiger partial charge in [-0.15, -0.1) is 0 Å². The second-order valence-corrected chi connectivity index (χ2v) is 5.29. The van der Waals surface area contributed by atoms with Gasteiger partial charge in [-0.05, 0) is 38.1 Å². The van der Waals surface area contributed by atoms with Crippen LogP contribution in [0.1, 0.15) is 41.5 Å². The SMILES string of the molecule is CC.CC.CC(C)(C(F)(F)F)C(F)(F)F.Oc1ccccc1.Oc1ccccc1. The molecule has 2 rings (SSSR count). The molecule has 0 aliphatic heterocycles. The zero-order valence-corrected chi connectivity index (χ0v) is 17.4. The van der Waals surface area contributed by atoms with Crippen molar-refractivity contribution in [1.29, 1.82) is 0 Å². The van der Waals surface area contributed by atoms with E-state index in [9.17, 15) is 26.3 Å². The van der Waals surface area contributed by atoms with Crippen LogP contribution in [0.4, 0.5) is 26.3 Å². The van der Waals surface area contributed by atoms with Gasteiger partial charge in [-0.3, -0.25) is 0 Å². The average molecular weight is 428 g/mol. The van der Waals surface area contributed by atoms with Crippen LogP contribution in [-0.2, 0) is 0 Å². The summed E-state index contributed by atoms with van der Waals surface area (Å²) in [6.45, 7) is 8.21. The second-order valence-electron chi connectivity index (χ2n) is 5.29. The fraction of sp³-hybridized carbons (Fsp3) is 0.429. The Morgan fingerprint density at radius 2 is 0.724 bits per heavy atom. The average Bonchev–Trinajstić information content (AvgIpc) is 2.65. The highest BCUT2D eigenvalue weighted by atomic mass is 19.4. The number of para-hydroxylation sites is 2. The molecule has 0 atom stereocenters.